The Morgan fingerprint density at radius 3 is 2.71 bits per heavy atom. The fraction of sp³-hybridized carbons (Fsp3) is 0.476. The van der Waals surface area contributed by atoms with Gasteiger partial charge in [0.05, 0.1) is 5.75 Å². The maximum Gasteiger partial charge on any atom is 0.234 e. The third-order valence-corrected chi connectivity index (χ3v) is 6.56. The topological polar surface area (TPSA) is 59.8 Å². The van der Waals surface area contributed by atoms with Crippen LogP contribution in [0, 0.1) is 5.92 Å². The maximum atomic E-state index is 12.3. The van der Waals surface area contributed by atoms with Gasteiger partial charge in [-0.25, -0.2) is 0 Å². The van der Waals surface area contributed by atoms with E-state index in [4.69, 9.17) is 0 Å². The van der Waals surface area contributed by atoms with Gasteiger partial charge in [0, 0.05) is 23.1 Å². The van der Waals surface area contributed by atoms with Gasteiger partial charge in [-0.3, -0.25) is 4.79 Å². The largest absolute Gasteiger partial charge is 0.325 e. The van der Waals surface area contributed by atoms with E-state index in [1.54, 1.807) is 0 Å². The van der Waals surface area contributed by atoms with E-state index in [0.29, 0.717) is 12.3 Å². The fourth-order valence-corrected chi connectivity index (χ4v) is 4.62. The highest BCUT2D eigenvalue weighted by molar-refractivity contribution is 9.10. The third-order valence-electron chi connectivity index (χ3n) is 5.07. The first kappa shape index (κ1) is 21.1. The van der Waals surface area contributed by atoms with Crippen molar-refractivity contribution in [3.8, 4) is 0 Å². The number of carbonyl (C=O) groups excluding carboxylic acids is 1. The predicted molar refractivity (Wildman–Crippen MR) is 119 cm³/mol. The SMILES string of the molecule is C=CCn1c(CCC2CCCCC2)nnc1SCC(=O)Nc1ccc(Br)cc1. The molecule has 0 bridgehead atoms. The second-order valence-corrected chi connectivity index (χ2v) is 9.04. The molecule has 3 rings (SSSR count). The number of aryl methyl sites for hydroxylation is 1. The molecule has 1 aromatic carbocycles. The average molecular weight is 463 g/mol. The molecule has 1 aliphatic rings. The lowest BCUT2D eigenvalue weighted by atomic mass is 9.86. The van der Waals surface area contributed by atoms with Crippen molar-refractivity contribution in [3.05, 3.63) is 47.2 Å². The van der Waals surface area contributed by atoms with Crippen LogP contribution in [0.25, 0.3) is 0 Å². The van der Waals surface area contributed by atoms with Crippen LogP contribution < -0.4 is 5.32 Å². The minimum absolute atomic E-state index is 0.0516. The number of anilines is 1. The summed E-state index contributed by atoms with van der Waals surface area (Å²) in [6.45, 7) is 4.53. The summed E-state index contributed by atoms with van der Waals surface area (Å²) >= 11 is 4.81. The first-order valence-electron chi connectivity index (χ1n) is 9.87. The van der Waals surface area contributed by atoms with Crippen LogP contribution in [-0.2, 0) is 17.8 Å². The molecule has 0 atom stereocenters. The van der Waals surface area contributed by atoms with Crippen molar-refractivity contribution >= 4 is 39.3 Å². The van der Waals surface area contributed by atoms with E-state index in [-0.39, 0.29) is 5.91 Å². The molecule has 1 aliphatic carbocycles. The maximum absolute atomic E-state index is 12.3. The van der Waals surface area contributed by atoms with Gasteiger partial charge >= 0.3 is 0 Å². The molecule has 1 heterocycles. The number of rotatable bonds is 9. The number of amides is 1. The molecule has 0 saturated heterocycles. The summed E-state index contributed by atoms with van der Waals surface area (Å²) in [5.41, 5.74) is 0.787. The van der Waals surface area contributed by atoms with Crippen LogP contribution in [0.5, 0.6) is 0 Å². The van der Waals surface area contributed by atoms with Crippen LogP contribution in [0.1, 0.15) is 44.3 Å². The molecule has 1 aromatic heterocycles. The number of carbonyl (C=O) groups is 1. The van der Waals surface area contributed by atoms with E-state index in [0.717, 1.165) is 33.5 Å². The number of benzene rings is 1. The van der Waals surface area contributed by atoms with Gasteiger partial charge in [0.25, 0.3) is 0 Å². The Morgan fingerprint density at radius 1 is 1.25 bits per heavy atom. The number of halogens is 1. The van der Waals surface area contributed by atoms with E-state index in [9.17, 15) is 4.79 Å². The van der Waals surface area contributed by atoms with Crippen molar-refractivity contribution in [1.82, 2.24) is 14.8 Å². The summed E-state index contributed by atoms with van der Waals surface area (Å²) in [7, 11) is 0. The van der Waals surface area contributed by atoms with Gasteiger partial charge in [-0.1, -0.05) is 65.9 Å². The molecule has 1 saturated carbocycles. The van der Waals surface area contributed by atoms with Crippen molar-refractivity contribution in [2.45, 2.75) is 56.6 Å². The van der Waals surface area contributed by atoms with Gasteiger partial charge in [0.15, 0.2) is 5.16 Å². The Morgan fingerprint density at radius 2 is 2.00 bits per heavy atom. The van der Waals surface area contributed by atoms with Crippen LogP contribution in [0.4, 0.5) is 5.69 Å². The molecule has 28 heavy (non-hydrogen) atoms. The zero-order chi connectivity index (χ0) is 19.8. The molecule has 0 unspecified atom stereocenters. The first-order chi connectivity index (χ1) is 13.7. The molecule has 7 heteroatoms. The molecule has 1 amide bonds. The van der Waals surface area contributed by atoms with E-state index in [1.807, 2.05) is 30.3 Å². The van der Waals surface area contributed by atoms with E-state index in [2.05, 4.69) is 42.6 Å². The summed E-state index contributed by atoms with van der Waals surface area (Å²) in [6.07, 6.45) is 10.8. The first-order valence-corrected chi connectivity index (χ1v) is 11.6. The highest BCUT2D eigenvalue weighted by Crippen LogP contribution is 2.28. The molecule has 1 fully saturated rings. The van der Waals surface area contributed by atoms with Gasteiger partial charge in [-0.05, 0) is 36.6 Å². The highest BCUT2D eigenvalue weighted by atomic mass is 79.9. The number of nitrogens with one attached hydrogen (secondary N) is 1. The van der Waals surface area contributed by atoms with Crippen LogP contribution >= 0.6 is 27.7 Å². The Hall–Kier alpha value is -1.60. The number of nitrogens with zero attached hydrogens (tertiary/aromatic N) is 3. The smallest absolute Gasteiger partial charge is 0.234 e. The lowest BCUT2D eigenvalue weighted by molar-refractivity contribution is -0.113. The monoisotopic (exact) mass is 462 g/mol. The molecule has 150 valence electrons. The zero-order valence-corrected chi connectivity index (χ0v) is 18.5. The lowest BCUT2D eigenvalue weighted by Crippen LogP contribution is -2.15. The third kappa shape index (κ3) is 6.21. The lowest BCUT2D eigenvalue weighted by Gasteiger charge is -2.21. The van der Waals surface area contributed by atoms with Gasteiger partial charge in [-0.2, -0.15) is 0 Å². The van der Waals surface area contributed by atoms with Crippen LogP contribution in [0.2, 0.25) is 0 Å². The Balaban J connectivity index is 1.55. The minimum Gasteiger partial charge on any atom is -0.325 e. The highest BCUT2D eigenvalue weighted by Gasteiger charge is 2.17. The van der Waals surface area contributed by atoms with Gasteiger partial charge in [0.2, 0.25) is 5.91 Å². The summed E-state index contributed by atoms with van der Waals surface area (Å²) in [4.78, 5) is 12.3. The number of hydrogen-bond donors (Lipinski definition) is 1. The molecule has 0 aliphatic heterocycles. The van der Waals surface area contributed by atoms with Crippen LogP contribution in [0.15, 0.2) is 46.5 Å². The number of hydrogen-bond acceptors (Lipinski definition) is 4. The quantitative estimate of drug-likeness (QED) is 0.396. The van der Waals surface area contributed by atoms with Gasteiger partial charge < -0.3 is 9.88 Å². The van der Waals surface area contributed by atoms with Crippen molar-refractivity contribution in [2.24, 2.45) is 5.92 Å². The predicted octanol–water partition coefficient (Wildman–Crippen LogP) is 5.47. The molecule has 1 N–H and O–H groups in total. The molecule has 5 nitrogen and oxygen atoms in total. The summed E-state index contributed by atoms with van der Waals surface area (Å²) in [5.74, 6) is 2.06. The Kier molecular flexibility index (Phi) is 8.15. The van der Waals surface area contributed by atoms with Crippen molar-refractivity contribution in [2.75, 3.05) is 11.1 Å². The Bertz CT molecular complexity index is 784. The minimum atomic E-state index is -0.0516. The standard InChI is InChI=1S/C21H27BrN4OS/c1-2-14-26-19(13-8-16-6-4-3-5-7-16)24-25-21(26)28-15-20(27)23-18-11-9-17(22)10-12-18/h2,9-12,16H,1,3-8,13-15H2,(H,23,27). The van der Waals surface area contributed by atoms with Gasteiger partial charge in [-0.15, -0.1) is 16.8 Å². The summed E-state index contributed by atoms with van der Waals surface area (Å²) in [5, 5.41) is 12.4. The van der Waals surface area contributed by atoms with E-state index < -0.39 is 0 Å². The second kappa shape index (κ2) is 10.8. The normalized spacial score (nSPS) is 14.8. The number of thioether (sulfide) groups is 1. The molecule has 0 radical (unpaired) electrons. The molecular formula is C21H27BrN4OS. The molecule has 2 aromatic rings. The summed E-state index contributed by atoms with van der Waals surface area (Å²) in [6, 6.07) is 7.55. The fourth-order valence-electron chi connectivity index (χ4n) is 3.59. The van der Waals surface area contributed by atoms with Crippen molar-refractivity contribution < 1.29 is 4.79 Å². The number of allylic oxidation sites excluding steroid dienone is 1. The average Bonchev–Trinajstić information content (AvgIpc) is 3.09. The summed E-state index contributed by atoms with van der Waals surface area (Å²) < 4.78 is 3.08. The van der Waals surface area contributed by atoms with Gasteiger partial charge in [0.1, 0.15) is 5.82 Å². The Labute approximate surface area is 179 Å². The van der Waals surface area contributed by atoms with Crippen molar-refractivity contribution in [1.29, 1.82) is 0 Å². The van der Waals surface area contributed by atoms with E-state index in [1.165, 1.54) is 50.3 Å². The number of aromatic nitrogens is 3. The second-order valence-electron chi connectivity index (χ2n) is 7.18. The van der Waals surface area contributed by atoms with Crippen molar-refractivity contribution in [3.63, 3.8) is 0 Å². The molecular weight excluding hydrogens is 436 g/mol. The zero-order valence-electron chi connectivity index (χ0n) is 16.1. The van der Waals surface area contributed by atoms with Crippen LogP contribution in [0.3, 0.4) is 0 Å². The van der Waals surface area contributed by atoms with Crippen LogP contribution in [-0.4, -0.2) is 26.4 Å². The molecule has 0 spiro atoms. The van der Waals surface area contributed by atoms with E-state index >= 15 is 0 Å².